The molecule has 262 valence electrons. The molecule has 0 fully saturated rings. The van der Waals surface area contributed by atoms with Crippen LogP contribution in [0.4, 0.5) is 5.69 Å². The summed E-state index contributed by atoms with van der Waals surface area (Å²) in [7, 11) is 4.07. The summed E-state index contributed by atoms with van der Waals surface area (Å²) in [4.78, 5) is 22.1. The van der Waals surface area contributed by atoms with Gasteiger partial charge in [-0.25, -0.2) is 17.4 Å². The molecule has 0 aliphatic carbocycles. The standard InChI is InChI=1S/C35H34NO3.C6H12.C3H3O.2U/c1-4-35(37)39-23-11-6-5-10-22-38-34-21-20-32(26-33(34)36(2)3)31-19-18-29-24-28(16-17-30(29)25-31)15-14-27-12-8-7-9-13-27;1-3-5-6-4-2;1-2-3-4;;/h4,8-9,12-13,16-21,24-26H,1,5-6,10-11,22-23H2,2-3H3;1-6H2;2H,1H2;;/q-1;-2;-1;2*+2. The van der Waals surface area contributed by atoms with Crippen molar-refractivity contribution in [1.29, 1.82) is 0 Å². The molecule has 4 rings (SSSR count). The molecule has 4 aromatic carbocycles. The molecule has 0 saturated heterocycles. The van der Waals surface area contributed by atoms with E-state index in [4.69, 9.17) is 14.3 Å². The van der Waals surface area contributed by atoms with Crippen LogP contribution in [0.15, 0.2) is 104 Å². The predicted octanol–water partition coefficient (Wildman–Crippen LogP) is 9.94. The summed E-state index contributed by atoms with van der Waals surface area (Å²) in [5.41, 5.74) is 5.33. The van der Waals surface area contributed by atoms with E-state index in [1.165, 1.54) is 36.0 Å². The topological polar surface area (TPSA) is 55.8 Å². The number of hydrogen-bond acceptors (Lipinski definition) is 5. The molecule has 7 heteroatoms. The average molecular weight is 1130 g/mol. The van der Waals surface area contributed by atoms with Crippen molar-refractivity contribution in [2.75, 3.05) is 32.2 Å². The molecule has 5 nitrogen and oxygen atoms in total. The molecule has 0 heterocycles. The normalized spacial score (nSPS) is 9.41. The quantitative estimate of drug-likeness (QED) is 0.0391. The van der Waals surface area contributed by atoms with Gasteiger partial charge in [0.2, 0.25) is 0 Å². The van der Waals surface area contributed by atoms with E-state index in [0.717, 1.165) is 78.3 Å². The van der Waals surface area contributed by atoms with Crippen molar-refractivity contribution in [2.45, 2.75) is 51.4 Å². The summed E-state index contributed by atoms with van der Waals surface area (Å²) in [5, 5.41) is 2.34. The van der Waals surface area contributed by atoms with Gasteiger partial charge < -0.3 is 33.0 Å². The van der Waals surface area contributed by atoms with Gasteiger partial charge in [0.05, 0.1) is 18.9 Å². The zero-order valence-electron chi connectivity index (χ0n) is 30.1. The molecule has 4 aromatic rings. The minimum atomic E-state index is -0.362. The number of nitrogens with zero attached hydrogens (tertiary/aromatic N) is 1. The number of unbranched alkanes of at least 4 members (excludes halogenated alkanes) is 6. The minimum absolute atomic E-state index is 0. The fourth-order valence-electron chi connectivity index (χ4n) is 4.61. The number of carbonyl (C=O) groups is 1. The predicted molar refractivity (Wildman–Crippen MR) is 205 cm³/mol. The van der Waals surface area contributed by atoms with Gasteiger partial charge in [-0.05, 0) is 84.2 Å². The Bertz CT molecular complexity index is 1650. The third-order valence-electron chi connectivity index (χ3n) is 7.22. The Hall–Kier alpha value is -2.98. The first kappa shape index (κ1) is 48.0. The first-order chi connectivity index (χ1) is 23.9. The van der Waals surface area contributed by atoms with Crippen LogP contribution in [0.2, 0.25) is 0 Å². The van der Waals surface area contributed by atoms with Crippen LogP contribution in [-0.4, -0.2) is 39.6 Å². The number of benzene rings is 4. The van der Waals surface area contributed by atoms with Gasteiger partial charge >= 0.3 is 68.2 Å². The summed E-state index contributed by atoms with van der Waals surface area (Å²) < 4.78 is 11.1. The molecule has 51 heavy (non-hydrogen) atoms. The first-order valence-electron chi connectivity index (χ1n) is 16.7. The van der Waals surface area contributed by atoms with Gasteiger partial charge in [0.25, 0.3) is 0 Å². The number of rotatable bonds is 15. The molecule has 0 spiro atoms. The molecule has 0 aliphatic heterocycles. The number of hydrogen-bond donors (Lipinski definition) is 0. The van der Waals surface area contributed by atoms with Crippen molar-refractivity contribution in [1.82, 2.24) is 0 Å². The Labute approximate surface area is 354 Å². The maximum Gasteiger partial charge on any atom is 2.00 e. The molecule has 0 aliphatic rings. The van der Waals surface area contributed by atoms with E-state index >= 15 is 0 Å². The Balaban J connectivity index is 0.00000184. The fourth-order valence-corrected chi connectivity index (χ4v) is 4.61. The zero-order valence-corrected chi connectivity index (χ0v) is 38.5. The van der Waals surface area contributed by atoms with Crippen molar-refractivity contribution >= 4 is 28.7 Å². The van der Waals surface area contributed by atoms with Gasteiger partial charge in [-0.2, -0.15) is 43.2 Å². The zero-order chi connectivity index (χ0) is 35.7. The van der Waals surface area contributed by atoms with Gasteiger partial charge in [-0.1, -0.05) is 61.1 Å². The number of allylic oxidation sites excluding steroid dienone is 1. The van der Waals surface area contributed by atoms with Gasteiger partial charge in [0.15, 0.2) is 0 Å². The summed E-state index contributed by atoms with van der Waals surface area (Å²) in [5.74, 6) is 6.99. The van der Waals surface area contributed by atoms with Crippen molar-refractivity contribution in [2.24, 2.45) is 0 Å². The third kappa shape index (κ3) is 19.4. The SMILES string of the molecule is C=CC(=O)OCCCCCCOc1ccc(-c2ccc3cc(C#Cc4cc[c-]cc4)ccc3c2)cc1N(C)C.C=C[C-]=O.[CH2-]CCCC[CH2-].[U+2].[U+2]. The largest absolute Gasteiger partial charge is 2.00 e. The van der Waals surface area contributed by atoms with Crippen LogP contribution in [0.5, 0.6) is 5.75 Å². The van der Waals surface area contributed by atoms with Gasteiger partial charge in [-0.15, -0.1) is 0 Å². The van der Waals surface area contributed by atoms with E-state index in [-0.39, 0.29) is 68.2 Å². The fraction of sp³-hybridized carbons (Fsp3) is 0.273. The smallest absolute Gasteiger partial charge is 0.491 e. The average Bonchev–Trinajstić information content (AvgIpc) is 3.14. The second kappa shape index (κ2) is 29.6. The molecule has 0 atom stereocenters. The molecule has 0 bridgehead atoms. The van der Waals surface area contributed by atoms with Crippen LogP contribution < -0.4 is 9.64 Å². The van der Waals surface area contributed by atoms with Crippen molar-refractivity contribution in [3.8, 4) is 28.7 Å². The van der Waals surface area contributed by atoms with Crippen molar-refractivity contribution in [3.63, 3.8) is 0 Å². The Morgan fingerprint density at radius 2 is 1.35 bits per heavy atom. The van der Waals surface area contributed by atoms with Gasteiger partial charge in [0, 0.05) is 25.7 Å². The van der Waals surface area contributed by atoms with Gasteiger partial charge in [-0.3, -0.25) is 0 Å². The van der Waals surface area contributed by atoms with Crippen LogP contribution >= 0.6 is 0 Å². The van der Waals surface area contributed by atoms with Crippen LogP contribution in [0.25, 0.3) is 21.9 Å². The first-order valence-corrected chi connectivity index (χ1v) is 16.7. The van der Waals surface area contributed by atoms with E-state index in [2.05, 4.69) is 104 Å². The van der Waals surface area contributed by atoms with Crippen LogP contribution in [0, 0.1) is 94.0 Å². The maximum atomic E-state index is 11.1. The van der Waals surface area contributed by atoms with E-state index in [1.54, 1.807) is 0 Å². The Morgan fingerprint density at radius 1 is 0.784 bits per heavy atom. The third-order valence-corrected chi connectivity index (χ3v) is 7.22. The molecule has 0 saturated carbocycles. The minimum Gasteiger partial charge on any atom is -0.491 e. The van der Waals surface area contributed by atoms with Crippen LogP contribution in [0.3, 0.4) is 0 Å². The second-order valence-corrected chi connectivity index (χ2v) is 11.3. The molecular formula is C44H49NO4U2. The number of carbonyl (C=O) groups excluding carboxylic acids is 2. The maximum absolute atomic E-state index is 11.1. The van der Waals surface area contributed by atoms with E-state index < -0.39 is 0 Å². The molecule has 0 unspecified atom stereocenters. The summed E-state index contributed by atoms with van der Waals surface area (Å²) >= 11 is 0. The number of esters is 1. The second-order valence-electron chi connectivity index (χ2n) is 11.3. The van der Waals surface area contributed by atoms with Crippen LogP contribution in [-0.2, 0) is 14.3 Å². The van der Waals surface area contributed by atoms with Crippen molar-refractivity contribution in [3.05, 3.63) is 135 Å². The molecular weight excluding hydrogens is 1080 g/mol. The van der Waals surface area contributed by atoms with Crippen LogP contribution in [0.1, 0.15) is 62.5 Å². The van der Waals surface area contributed by atoms with Gasteiger partial charge in [0.1, 0.15) is 5.75 Å². The van der Waals surface area contributed by atoms with E-state index in [9.17, 15) is 4.79 Å². The molecule has 0 aromatic heterocycles. The Kier molecular flexibility index (Phi) is 27.9. The van der Waals surface area contributed by atoms with E-state index in [1.807, 2.05) is 38.4 Å². The summed E-state index contributed by atoms with van der Waals surface area (Å²) in [6.45, 7) is 14.9. The molecule has 0 radical (unpaired) electrons. The monoisotopic (exact) mass is 1130 g/mol. The summed E-state index contributed by atoms with van der Waals surface area (Å²) in [6.07, 6.45) is 12.1. The number of anilines is 1. The van der Waals surface area contributed by atoms with Crippen molar-refractivity contribution < 1.29 is 81.3 Å². The molecule has 0 N–H and O–H groups in total. The van der Waals surface area contributed by atoms with E-state index in [0.29, 0.717) is 13.2 Å². The number of fused-ring (bicyclic) bond motifs is 1. The molecule has 0 amide bonds. The Morgan fingerprint density at radius 3 is 1.96 bits per heavy atom. The summed E-state index contributed by atoms with van der Waals surface area (Å²) in [6, 6.07) is 30.0. The number of ether oxygens (including phenoxy) is 2.